The summed E-state index contributed by atoms with van der Waals surface area (Å²) in [6.45, 7) is 2.89. The molecule has 0 heterocycles. The Labute approximate surface area is 89.9 Å². The van der Waals surface area contributed by atoms with Crippen molar-refractivity contribution in [2.24, 2.45) is 0 Å². The monoisotopic (exact) mass is 239 g/mol. The summed E-state index contributed by atoms with van der Waals surface area (Å²) in [6, 6.07) is 0. The zero-order chi connectivity index (χ0) is 12.3. The Hall–Kier alpha value is -0.660. The van der Waals surface area contributed by atoms with Gasteiger partial charge in [0.1, 0.15) is 0 Å². The van der Waals surface area contributed by atoms with E-state index in [0.717, 1.165) is 11.4 Å². The smallest absolute Gasteiger partial charge is 0.322 e. The molecule has 0 amide bonds. The highest BCUT2D eigenvalue weighted by molar-refractivity contribution is 7.89. The van der Waals surface area contributed by atoms with E-state index in [1.165, 1.54) is 20.9 Å². The molecule has 0 radical (unpaired) electrons. The van der Waals surface area contributed by atoms with Crippen molar-refractivity contribution in [2.45, 2.75) is 19.4 Å². The van der Waals surface area contributed by atoms with Crippen molar-refractivity contribution in [1.29, 1.82) is 0 Å². The van der Waals surface area contributed by atoms with E-state index in [-0.39, 0.29) is 6.54 Å². The fourth-order valence-electron chi connectivity index (χ4n) is 0.961. The van der Waals surface area contributed by atoms with Gasteiger partial charge in [0.25, 0.3) is 0 Å². The second-order valence-electron chi connectivity index (χ2n) is 3.90. The van der Waals surface area contributed by atoms with Gasteiger partial charge >= 0.3 is 5.97 Å². The Morgan fingerprint density at radius 2 is 1.93 bits per heavy atom. The van der Waals surface area contributed by atoms with Crippen molar-refractivity contribution in [3.05, 3.63) is 0 Å². The van der Waals surface area contributed by atoms with Gasteiger partial charge in [-0.2, -0.15) is 0 Å². The van der Waals surface area contributed by atoms with Crippen molar-refractivity contribution in [1.82, 2.24) is 4.31 Å². The molecule has 0 fully saturated rings. The van der Waals surface area contributed by atoms with Crippen LogP contribution in [0.2, 0.25) is 0 Å². The summed E-state index contributed by atoms with van der Waals surface area (Å²) in [5.74, 6) is -1.53. The molecule has 0 aromatic heterocycles. The third kappa shape index (κ3) is 5.71. The summed E-state index contributed by atoms with van der Waals surface area (Å²) in [4.78, 5) is 10.8. The van der Waals surface area contributed by atoms with Crippen LogP contribution in [0.5, 0.6) is 0 Å². The third-order valence-corrected chi connectivity index (χ3v) is 3.29. The molecule has 0 aliphatic heterocycles. The Balaban J connectivity index is 4.54. The molecule has 1 N–H and O–H groups in total. The van der Waals surface area contributed by atoms with Crippen molar-refractivity contribution in [3.63, 3.8) is 0 Å². The summed E-state index contributed by atoms with van der Waals surface area (Å²) in [5, 5.41) is 9.42. The Bertz CT molecular complexity index is 316. The molecule has 7 heteroatoms. The minimum absolute atomic E-state index is 0.0771. The number of carbonyl (C=O) groups is 1. The van der Waals surface area contributed by atoms with Gasteiger partial charge in [0.05, 0.1) is 12.7 Å². The molecule has 15 heavy (non-hydrogen) atoms. The van der Waals surface area contributed by atoms with E-state index in [4.69, 9.17) is 0 Å². The van der Waals surface area contributed by atoms with E-state index in [2.05, 4.69) is 4.74 Å². The number of ether oxygens (including phenoxy) is 1. The first kappa shape index (κ1) is 14.3. The second-order valence-corrected chi connectivity index (χ2v) is 5.98. The Morgan fingerprint density at radius 3 is 2.27 bits per heavy atom. The maximum atomic E-state index is 11.5. The SMILES string of the molecule is COC(=O)CS(=O)(=O)N(C)CC(C)(C)O. The first-order chi connectivity index (χ1) is 6.58. The van der Waals surface area contributed by atoms with Crippen LogP contribution >= 0.6 is 0 Å². The maximum Gasteiger partial charge on any atom is 0.322 e. The number of likely N-dealkylation sites (N-methyl/N-ethyl adjacent to an activating group) is 1. The number of methoxy groups -OCH3 is 1. The highest BCUT2D eigenvalue weighted by Crippen LogP contribution is 2.07. The standard InChI is InChI=1S/C8H17NO5S/c1-8(2,11)6-9(3)15(12,13)5-7(10)14-4/h11H,5-6H2,1-4H3. The number of nitrogens with zero attached hydrogens (tertiary/aromatic N) is 1. The third-order valence-electron chi connectivity index (χ3n) is 1.61. The highest BCUT2D eigenvalue weighted by atomic mass is 32.2. The minimum atomic E-state index is -3.71. The van der Waals surface area contributed by atoms with Crippen LogP contribution in [0.4, 0.5) is 0 Å². The lowest BCUT2D eigenvalue weighted by Gasteiger charge is -2.24. The molecule has 0 aliphatic carbocycles. The van der Waals surface area contributed by atoms with Gasteiger partial charge in [-0.3, -0.25) is 4.79 Å². The number of carbonyl (C=O) groups excluding carboxylic acids is 1. The summed E-state index contributed by atoms with van der Waals surface area (Å²) >= 11 is 0. The number of sulfonamides is 1. The van der Waals surface area contributed by atoms with Gasteiger partial charge in [-0.15, -0.1) is 0 Å². The maximum absolute atomic E-state index is 11.5. The molecule has 0 bridgehead atoms. The molecule has 0 saturated heterocycles. The molecule has 0 spiro atoms. The van der Waals surface area contributed by atoms with Crippen LogP contribution in [0.15, 0.2) is 0 Å². The number of hydrogen-bond acceptors (Lipinski definition) is 5. The predicted molar refractivity (Wildman–Crippen MR) is 54.7 cm³/mol. The van der Waals surface area contributed by atoms with Crippen molar-refractivity contribution in [3.8, 4) is 0 Å². The first-order valence-corrected chi connectivity index (χ1v) is 5.92. The van der Waals surface area contributed by atoms with Gasteiger partial charge in [-0.05, 0) is 13.8 Å². The van der Waals surface area contributed by atoms with Gasteiger partial charge in [0.2, 0.25) is 10.0 Å². The Morgan fingerprint density at radius 1 is 1.47 bits per heavy atom. The van der Waals surface area contributed by atoms with E-state index in [1.54, 1.807) is 0 Å². The molecule has 0 aromatic carbocycles. The number of rotatable bonds is 5. The zero-order valence-electron chi connectivity index (χ0n) is 9.35. The second kappa shape index (κ2) is 4.91. The van der Waals surface area contributed by atoms with E-state index in [0.29, 0.717) is 0 Å². The topological polar surface area (TPSA) is 83.9 Å². The lowest BCUT2D eigenvalue weighted by Crippen LogP contribution is -2.41. The highest BCUT2D eigenvalue weighted by Gasteiger charge is 2.27. The molecule has 6 nitrogen and oxygen atoms in total. The van der Waals surface area contributed by atoms with Crippen LogP contribution in [0.25, 0.3) is 0 Å². The normalized spacial score (nSPS) is 12.9. The average Bonchev–Trinajstić information content (AvgIpc) is 2.00. The predicted octanol–water partition coefficient (Wildman–Crippen LogP) is -0.808. The largest absolute Gasteiger partial charge is 0.468 e. The quantitative estimate of drug-likeness (QED) is 0.634. The molecule has 90 valence electrons. The van der Waals surface area contributed by atoms with Crippen molar-refractivity contribution < 1.29 is 23.1 Å². The zero-order valence-corrected chi connectivity index (χ0v) is 10.2. The van der Waals surface area contributed by atoms with Gasteiger partial charge in [-0.1, -0.05) is 0 Å². The lowest BCUT2D eigenvalue weighted by molar-refractivity contribution is -0.137. The molecule has 0 unspecified atom stereocenters. The summed E-state index contributed by atoms with van der Waals surface area (Å²) in [6.07, 6.45) is 0. The molecule has 0 aromatic rings. The van der Waals surface area contributed by atoms with Crippen LogP contribution in [-0.4, -0.2) is 55.9 Å². The summed E-state index contributed by atoms with van der Waals surface area (Å²) < 4.78 is 28.2. The van der Waals surface area contributed by atoms with Gasteiger partial charge in [-0.25, -0.2) is 12.7 Å². The van der Waals surface area contributed by atoms with Gasteiger partial charge in [0.15, 0.2) is 5.75 Å². The minimum Gasteiger partial charge on any atom is -0.468 e. The van der Waals surface area contributed by atoms with E-state index < -0.39 is 27.3 Å². The number of aliphatic hydroxyl groups is 1. The van der Waals surface area contributed by atoms with Crippen LogP contribution in [0.1, 0.15) is 13.8 Å². The van der Waals surface area contributed by atoms with Gasteiger partial charge < -0.3 is 9.84 Å². The first-order valence-electron chi connectivity index (χ1n) is 4.32. The fraction of sp³-hybridized carbons (Fsp3) is 0.875. The number of esters is 1. The van der Waals surface area contributed by atoms with E-state index >= 15 is 0 Å². The average molecular weight is 239 g/mol. The molecule has 0 aliphatic rings. The van der Waals surface area contributed by atoms with Crippen molar-refractivity contribution >= 4 is 16.0 Å². The summed E-state index contributed by atoms with van der Waals surface area (Å²) in [5.41, 5.74) is -1.14. The van der Waals surface area contributed by atoms with Crippen LogP contribution in [-0.2, 0) is 19.6 Å². The van der Waals surface area contributed by atoms with Crippen molar-refractivity contribution in [2.75, 3.05) is 26.5 Å². The van der Waals surface area contributed by atoms with Crippen LogP contribution in [0.3, 0.4) is 0 Å². The fourth-order valence-corrected chi connectivity index (χ4v) is 2.11. The summed E-state index contributed by atoms with van der Waals surface area (Å²) in [7, 11) is -1.29. The number of hydrogen-bond donors (Lipinski definition) is 1. The van der Waals surface area contributed by atoms with Crippen LogP contribution < -0.4 is 0 Å². The molecule has 0 rings (SSSR count). The molecule has 0 saturated carbocycles. The van der Waals surface area contributed by atoms with E-state index in [9.17, 15) is 18.3 Å². The molecular formula is C8H17NO5S. The molecule has 0 atom stereocenters. The lowest BCUT2D eigenvalue weighted by atomic mass is 10.1. The van der Waals surface area contributed by atoms with Crippen LogP contribution in [0, 0.1) is 0 Å². The van der Waals surface area contributed by atoms with E-state index in [1.807, 2.05) is 0 Å². The Kier molecular flexibility index (Phi) is 4.69. The molecular weight excluding hydrogens is 222 g/mol. The van der Waals surface area contributed by atoms with Gasteiger partial charge in [0, 0.05) is 13.6 Å².